The highest BCUT2D eigenvalue weighted by atomic mass is 16.5. The summed E-state index contributed by atoms with van der Waals surface area (Å²) in [5.41, 5.74) is 1.10. The van der Waals surface area contributed by atoms with Gasteiger partial charge in [0.25, 0.3) is 0 Å². The minimum atomic E-state index is -0.532. The minimum absolute atomic E-state index is 0.288. The molecule has 0 atom stereocenters. The molecule has 1 rings (SSSR count). The van der Waals surface area contributed by atoms with Crippen molar-refractivity contribution in [1.29, 1.82) is 0 Å². The van der Waals surface area contributed by atoms with Crippen molar-refractivity contribution in [2.24, 2.45) is 5.92 Å². The molecular formula is C18H24O4. The number of benzene rings is 1. The minimum Gasteiger partial charge on any atom is -0.463 e. The van der Waals surface area contributed by atoms with Crippen LogP contribution in [0.15, 0.2) is 42.5 Å². The van der Waals surface area contributed by atoms with Crippen LogP contribution >= 0.6 is 0 Å². The predicted octanol–water partition coefficient (Wildman–Crippen LogP) is 3.31. The monoisotopic (exact) mass is 304 g/mol. The lowest BCUT2D eigenvalue weighted by molar-refractivity contribution is -0.140. The van der Waals surface area contributed by atoms with Crippen LogP contribution in [0.3, 0.4) is 0 Å². The average Bonchev–Trinajstić information content (AvgIpc) is 2.50. The Labute approximate surface area is 132 Å². The van der Waals surface area contributed by atoms with Crippen LogP contribution in [0.1, 0.15) is 32.3 Å². The van der Waals surface area contributed by atoms with Crippen molar-refractivity contribution in [2.75, 3.05) is 13.2 Å². The van der Waals surface area contributed by atoms with Crippen LogP contribution in [0.4, 0.5) is 0 Å². The Morgan fingerprint density at radius 1 is 1.00 bits per heavy atom. The number of carbonyl (C=O) groups is 2. The number of esters is 2. The van der Waals surface area contributed by atoms with E-state index in [2.05, 4.69) is 13.8 Å². The van der Waals surface area contributed by atoms with Gasteiger partial charge in [-0.05, 0) is 24.3 Å². The van der Waals surface area contributed by atoms with Gasteiger partial charge in [-0.25, -0.2) is 9.59 Å². The van der Waals surface area contributed by atoms with E-state index in [1.807, 2.05) is 30.3 Å². The highest BCUT2D eigenvalue weighted by molar-refractivity contribution is 5.91. The lowest BCUT2D eigenvalue weighted by atomic mass is 10.1. The molecular weight excluding hydrogens is 280 g/mol. The predicted molar refractivity (Wildman–Crippen MR) is 85.3 cm³/mol. The van der Waals surface area contributed by atoms with Crippen molar-refractivity contribution in [3.63, 3.8) is 0 Å². The van der Waals surface area contributed by atoms with Crippen molar-refractivity contribution in [2.45, 2.75) is 33.1 Å². The Hall–Kier alpha value is -2.10. The summed E-state index contributed by atoms with van der Waals surface area (Å²) in [5, 5.41) is 0. The molecule has 0 amide bonds. The van der Waals surface area contributed by atoms with Gasteiger partial charge < -0.3 is 9.47 Å². The van der Waals surface area contributed by atoms with E-state index in [4.69, 9.17) is 9.47 Å². The molecule has 0 aliphatic heterocycles. The fraction of sp³-hybridized carbons (Fsp3) is 0.444. The molecule has 0 saturated carbocycles. The Bertz CT molecular complexity index is 477. The van der Waals surface area contributed by atoms with E-state index in [1.54, 1.807) is 0 Å². The van der Waals surface area contributed by atoms with E-state index in [0.29, 0.717) is 18.9 Å². The maximum Gasteiger partial charge on any atom is 0.331 e. The molecule has 0 heterocycles. The standard InChI is InChI=1S/C18H24O4/c1-15(2)7-6-13-21-17(19)10-11-18(20)22-14-12-16-8-4-3-5-9-16/h3-5,8-11,15H,6-7,12-14H2,1-2H3/b11-10+. The molecule has 0 aliphatic carbocycles. The van der Waals surface area contributed by atoms with Crippen molar-refractivity contribution < 1.29 is 19.1 Å². The van der Waals surface area contributed by atoms with Gasteiger partial charge in [-0.15, -0.1) is 0 Å². The number of rotatable bonds is 9. The van der Waals surface area contributed by atoms with Gasteiger partial charge in [0.05, 0.1) is 13.2 Å². The lowest BCUT2D eigenvalue weighted by Gasteiger charge is -2.04. The lowest BCUT2D eigenvalue weighted by Crippen LogP contribution is -2.07. The van der Waals surface area contributed by atoms with Gasteiger partial charge >= 0.3 is 11.9 Å². The zero-order chi connectivity index (χ0) is 16.2. The molecule has 0 spiro atoms. The van der Waals surface area contributed by atoms with Gasteiger partial charge in [0.15, 0.2) is 0 Å². The summed E-state index contributed by atoms with van der Waals surface area (Å²) in [7, 11) is 0. The van der Waals surface area contributed by atoms with Crippen LogP contribution in [0, 0.1) is 5.92 Å². The fourth-order valence-corrected chi connectivity index (χ4v) is 1.81. The summed E-state index contributed by atoms with van der Waals surface area (Å²) in [4.78, 5) is 22.8. The second-order valence-corrected chi connectivity index (χ2v) is 5.44. The number of hydrogen-bond donors (Lipinski definition) is 0. The van der Waals surface area contributed by atoms with Crippen LogP contribution in [-0.2, 0) is 25.5 Å². The van der Waals surface area contributed by atoms with E-state index >= 15 is 0 Å². The average molecular weight is 304 g/mol. The van der Waals surface area contributed by atoms with Crippen LogP contribution < -0.4 is 0 Å². The number of carbonyl (C=O) groups excluding carboxylic acids is 2. The summed E-state index contributed by atoms with van der Waals surface area (Å²) in [6.07, 6.45) is 4.72. The van der Waals surface area contributed by atoms with Crippen molar-refractivity contribution in [3.8, 4) is 0 Å². The number of ether oxygens (including phenoxy) is 2. The summed E-state index contributed by atoms with van der Waals surface area (Å²) >= 11 is 0. The molecule has 4 heteroatoms. The molecule has 0 radical (unpaired) electrons. The maximum atomic E-state index is 11.4. The normalized spacial score (nSPS) is 10.9. The molecule has 4 nitrogen and oxygen atoms in total. The highest BCUT2D eigenvalue weighted by Crippen LogP contribution is 2.03. The molecule has 0 aromatic heterocycles. The summed E-state index contributed by atoms with van der Waals surface area (Å²) in [5.74, 6) is -0.451. The van der Waals surface area contributed by atoms with E-state index < -0.39 is 11.9 Å². The summed E-state index contributed by atoms with van der Waals surface area (Å²) in [6.45, 7) is 4.90. The SMILES string of the molecule is CC(C)CCCOC(=O)/C=C/C(=O)OCCc1ccccc1. The van der Waals surface area contributed by atoms with Crippen LogP contribution in [0.2, 0.25) is 0 Å². The fourth-order valence-electron chi connectivity index (χ4n) is 1.81. The van der Waals surface area contributed by atoms with Gasteiger partial charge in [0.2, 0.25) is 0 Å². The largest absolute Gasteiger partial charge is 0.463 e. The second kappa shape index (κ2) is 10.6. The zero-order valence-corrected chi connectivity index (χ0v) is 13.3. The topological polar surface area (TPSA) is 52.6 Å². The smallest absolute Gasteiger partial charge is 0.331 e. The van der Waals surface area contributed by atoms with Crippen molar-refractivity contribution in [1.82, 2.24) is 0 Å². The van der Waals surface area contributed by atoms with Crippen molar-refractivity contribution >= 4 is 11.9 Å². The van der Waals surface area contributed by atoms with E-state index in [0.717, 1.165) is 30.6 Å². The molecule has 0 saturated heterocycles. The Morgan fingerprint density at radius 3 is 2.18 bits per heavy atom. The van der Waals surface area contributed by atoms with Crippen LogP contribution in [0.25, 0.3) is 0 Å². The second-order valence-electron chi connectivity index (χ2n) is 5.44. The summed E-state index contributed by atoms with van der Waals surface area (Å²) < 4.78 is 10.0. The molecule has 0 bridgehead atoms. The third-order valence-electron chi connectivity index (χ3n) is 3.00. The first-order chi connectivity index (χ1) is 10.6. The zero-order valence-electron chi connectivity index (χ0n) is 13.3. The molecule has 0 unspecified atom stereocenters. The first-order valence-corrected chi connectivity index (χ1v) is 7.63. The van der Waals surface area contributed by atoms with E-state index in [-0.39, 0.29) is 6.61 Å². The summed E-state index contributed by atoms with van der Waals surface area (Å²) in [6, 6.07) is 9.75. The van der Waals surface area contributed by atoms with Gasteiger partial charge in [-0.3, -0.25) is 0 Å². The van der Waals surface area contributed by atoms with E-state index in [9.17, 15) is 9.59 Å². The van der Waals surface area contributed by atoms with Gasteiger partial charge in [0.1, 0.15) is 0 Å². The van der Waals surface area contributed by atoms with Gasteiger partial charge in [-0.1, -0.05) is 44.2 Å². The molecule has 0 fully saturated rings. The van der Waals surface area contributed by atoms with Crippen LogP contribution in [0.5, 0.6) is 0 Å². The first kappa shape index (κ1) is 18.0. The molecule has 1 aromatic carbocycles. The Morgan fingerprint density at radius 2 is 1.59 bits per heavy atom. The Balaban J connectivity index is 2.14. The quantitative estimate of drug-likeness (QED) is 0.399. The first-order valence-electron chi connectivity index (χ1n) is 7.63. The molecule has 0 aliphatic rings. The van der Waals surface area contributed by atoms with Crippen LogP contribution in [-0.4, -0.2) is 25.2 Å². The molecule has 1 aromatic rings. The highest BCUT2D eigenvalue weighted by Gasteiger charge is 2.02. The third-order valence-corrected chi connectivity index (χ3v) is 3.00. The molecule has 0 N–H and O–H groups in total. The van der Waals surface area contributed by atoms with Gasteiger partial charge in [0, 0.05) is 18.6 Å². The molecule has 120 valence electrons. The number of hydrogen-bond acceptors (Lipinski definition) is 4. The Kier molecular flexibility index (Phi) is 8.65. The van der Waals surface area contributed by atoms with Gasteiger partial charge in [-0.2, -0.15) is 0 Å². The third kappa shape index (κ3) is 8.95. The van der Waals surface area contributed by atoms with E-state index in [1.165, 1.54) is 0 Å². The van der Waals surface area contributed by atoms with Crippen molar-refractivity contribution in [3.05, 3.63) is 48.0 Å². The maximum absolute atomic E-state index is 11.4. The molecule has 22 heavy (non-hydrogen) atoms.